The maximum absolute atomic E-state index is 12.0. The SMILES string of the molecule is O=C(COc1ccc(-c2ccccc2)cc1)N/N=C/c1ccn(C2CCCC2)c1. The number of nitrogens with zero attached hydrogens (tertiary/aromatic N) is 2. The Bertz CT molecular complexity index is 955. The van der Waals surface area contributed by atoms with Gasteiger partial charge < -0.3 is 9.30 Å². The summed E-state index contributed by atoms with van der Waals surface area (Å²) in [6, 6.07) is 20.4. The van der Waals surface area contributed by atoms with E-state index in [2.05, 4.69) is 39.6 Å². The van der Waals surface area contributed by atoms with Crippen LogP contribution in [0.3, 0.4) is 0 Å². The zero-order chi connectivity index (χ0) is 19.9. The van der Waals surface area contributed by atoms with E-state index in [1.807, 2.05) is 48.5 Å². The summed E-state index contributed by atoms with van der Waals surface area (Å²) in [7, 11) is 0. The van der Waals surface area contributed by atoms with Crippen molar-refractivity contribution in [3.05, 3.63) is 78.6 Å². The summed E-state index contributed by atoms with van der Waals surface area (Å²) < 4.78 is 7.79. The van der Waals surface area contributed by atoms with Gasteiger partial charge in [0.15, 0.2) is 6.61 Å². The van der Waals surface area contributed by atoms with Gasteiger partial charge in [-0.3, -0.25) is 4.79 Å². The van der Waals surface area contributed by atoms with Gasteiger partial charge in [-0.2, -0.15) is 5.10 Å². The molecule has 2 aromatic carbocycles. The summed E-state index contributed by atoms with van der Waals surface area (Å²) in [6.45, 7) is -0.0783. The molecule has 5 nitrogen and oxygen atoms in total. The van der Waals surface area contributed by atoms with Crippen LogP contribution in [0.2, 0.25) is 0 Å². The second-order valence-corrected chi connectivity index (χ2v) is 7.30. The van der Waals surface area contributed by atoms with E-state index in [0.29, 0.717) is 11.8 Å². The highest BCUT2D eigenvalue weighted by molar-refractivity contribution is 5.82. The summed E-state index contributed by atoms with van der Waals surface area (Å²) in [5.41, 5.74) is 5.75. The first kappa shape index (κ1) is 19.0. The second kappa shape index (κ2) is 9.24. The molecule has 4 rings (SSSR count). The van der Waals surface area contributed by atoms with Crippen LogP contribution in [0.5, 0.6) is 5.75 Å². The van der Waals surface area contributed by atoms with Crippen molar-refractivity contribution in [3.63, 3.8) is 0 Å². The molecule has 0 unspecified atom stereocenters. The molecule has 148 valence electrons. The van der Waals surface area contributed by atoms with Crippen molar-refractivity contribution in [1.29, 1.82) is 0 Å². The minimum atomic E-state index is -0.288. The number of aromatic nitrogens is 1. The summed E-state index contributed by atoms with van der Waals surface area (Å²) in [5, 5.41) is 4.03. The third-order valence-electron chi connectivity index (χ3n) is 5.22. The summed E-state index contributed by atoms with van der Waals surface area (Å²) in [5.74, 6) is 0.362. The van der Waals surface area contributed by atoms with Crippen LogP contribution in [0.4, 0.5) is 0 Å². The molecule has 0 radical (unpaired) electrons. The molecule has 1 heterocycles. The van der Waals surface area contributed by atoms with Crippen LogP contribution in [0.1, 0.15) is 37.3 Å². The largest absolute Gasteiger partial charge is 0.484 e. The molecular weight excluding hydrogens is 362 g/mol. The molecule has 5 heteroatoms. The molecule has 1 amide bonds. The average Bonchev–Trinajstić information content (AvgIpc) is 3.45. The fraction of sp³-hybridized carbons (Fsp3) is 0.250. The highest BCUT2D eigenvalue weighted by atomic mass is 16.5. The summed E-state index contributed by atoms with van der Waals surface area (Å²) >= 11 is 0. The standard InChI is InChI=1S/C24H25N3O2/c28-24(26-25-16-19-14-15-27(17-19)22-8-4-5-9-22)18-29-23-12-10-21(11-13-23)20-6-2-1-3-7-20/h1-3,6-7,10-17,22H,4-5,8-9,18H2,(H,26,28)/b25-16+. The molecule has 1 N–H and O–H groups in total. The van der Waals surface area contributed by atoms with E-state index < -0.39 is 0 Å². The highest BCUT2D eigenvalue weighted by Gasteiger charge is 2.15. The van der Waals surface area contributed by atoms with Gasteiger partial charge in [0.2, 0.25) is 0 Å². The zero-order valence-electron chi connectivity index (χ0n) is 16.3. The molecule has 1 aromatic heterocycles. The van der Waals surface area contributed by atoms with E-state index in [9.17, 15) is 4.79 Å². The third kappa shape index (κ3) is 5.13. The van der Waals surface area contributed by atoms with Crippen molar-refractivity contribution in [2.45, 2.75) is 31.7 Å². The van der Waals surface area contributed by atoms with Gasteiger partial charge in [0.05, 0.1) is 6.21 Å². The van der Waals surface area contributed by atoms with E-state index >= 15 is 0 Å². The Balaban J connectivity index is 1.23. The van der Waals surface area contributed by atoms with Crippen LogP contribution in [-0.4, -0.2) is 23.3 Å². The quantitative estimate of drug-likeness (QED) is 0.468. The van der Waals surface area contributed by atoms with Crippen molar-refractivity contribution in [1.82, 2.24) is 9.99 Å². The van der Waals surface area contributed by atoms with Crippen molar-refractivity contribution >= 4 is 12.1 Å². The van der Waals surface area contributed by atoms with Gasteiger partial charge in [-0.1, -0.05) is 55.3 Å². The van der Waals surface area contributed by atoms with Crippen LogP contribution >= 0.6 is 0 Å². The van der Waals surface area contributed by atoms with E-state index in [4.69, 9.17) is 4.74 Å². The number of hydrogen-bond acceptors (Lipinski definition) is 3. The first-order chi connectivity index (χ1) is 14.3. The number of rotatable bonds is 7. The van der Waals surface area contributed by atoms with Crippen molar-refractivity contribution in [2.24, 2.45) is 5.10 Å². The molecule has 1 fully saturated rings. The van der Waals surface area contributed by atoms with Gasteiger partial charge in [-0.15, -0.1) is 0 Å². The predicted octanol–water partition coefficient (Wildman–Crippen LogP) is 4.80. The van der Waals surface area contributed by atoms with E-state index in [-0.39, 0.29) is 12.5 Å². The Kier molecular flexibility index (Phi) is 6.05. The fourth-order valence-electron chi connectivity index (χ4n) is 3.67. The molecule has 3 aromatic rings. The highest BCUT2D eigenvalue weighted by Crippen LogP contribution is 2.29. The zero-order valence-corrected chi connectivity index (χ0v) is 16.3. The Hall–Kier alpha value is -3.34. The fourth-order valence-corrected chi connectivity index (χ4v) is 3.67. The van der Waals surface area contributed by atoms with E-state index in [1.165, 1.54) is 25.7 Å². The number of hydrazone groups is 1. The van der Waals surface area contributed by atoms with Crippen molar-refractivity contribution < 1.29 is 9.53 Å². The molecule has 0 spiro atoms. The molecule has 0 atom stereocenters. The molecule has 29 heavy (non-hydrogen) atoms. The lowest BCUT2D eigenvalue weighted by Gasteiger charge is -2.10. The van der Waals surface area contributed by atoms with Crippen LogP contribution < -0.4 is 10.2 Å². The number of nitrogens with one attached hydrogen (secondary N) is 1. The second-order valence-electron chi connectivity index (χ2n) is 7.30. The maximum atomic E-state index is 12.0. The van der Waals surface area contributed by atoms with Gasteiger partial charge in [-0.25, -0.2) is 5.43 Å². The van der Waals surface area contributed by atoms with Gasteiger partial charge >= 0.3 is 0 Å². The molecule has 1 saturated carbocycles. The van der Waals surface area contributed by atoms with Gasteiger partial charge in [0.25, 0.3) is 5.91 Å². The number of hydrogen-bond donors (Lipinski definition) is 1. The first-order valence-electron chi connectivity index (χ1n) is 10.1. The number of benzene rings is 2. The lowest BCUT2D eigenvalue weighted by atomic mass is 10.1. The maximum Gasteiger partial charge on any atom is 0.277 e. The smallest absolute Gasteiger partial charge is 0.277 e. The molecule has 1 aliphatic rings. The number of ether oxygens (including phenoxy) is 1. The van der Waals surface area contributed by atoms with Crippen LogP contribution in [0.25, 0.3) is 11.1 Å². The molecule has 0 saturated heterocycles. The Morgan fingerprint density at radius 2 is 1.76 bits per heavy atom. The van der Waals surface area contributed by atoms with Crippen LogP contribution in [0.15, 0.2) is 78.2 Å². The van der Waals surface area contributed by atoms with Crippen LogP contribution in [0, 0.1) is 0 Å². The molecule has 1 aliphatic carbocycles. The van der Waals surface area contributed by atoms with E-state index in [0.717, 1.165) is 16.7 Å². The third-order valence-corrected chi connectivity index (χ3v) is 5.22. The van der Waals surface area contributed by atoms with E-state index in [1.54, 1.807) is 6.21 Å². The Morgan fingerprint density at radius 1 is 1.03 bits per heavy atom. The minimum absolute atomic E-state index is 0.0783. The Labute approximate surface area is 171 Å². The van der Waals surface area contributed by atoms with Crippen LogP contribution in [-0.2, 0) is 4.79 Å². The predicted molar refractivity (Wildman–Crippen MR) is 115 cm³/mol. The van der Waals surface area contributed by atoms with Gasteiger partial charge in [0.1, 0.15) is 5.75 Å². The first-order valence-corrected chi connectivity index (χ1v) is 10.1. The lowest BCUT2D eigenvalue weighted by molar-refractivity contribution is -0.123. The monoisotopic (exact) mass is 387 g/mol. The summed E-state index contributed by atoms with van der Waals surface area (Å²) in [6.07, 6.45) is 10.9. The normalized spacial score (nSPS) is 14.3. The summed E-state index contributed by atoms with van der Waals surface area (Å²) in [4.78, 5) is 12.0. The molecular formula is C24H25N3O2. The topological polar surface area (TPSA) is 55.6 Å². The average molecular weight is 387 g/mol. The molecule has 0 bridgehead atoms. The number of carbonyl (C=O) groups is 1. The van der Waals surface area contributed by atoms with Crippen molar-refractivity contribution in [2.75, 3.05) is 6.61 Å². The Morgan fingerprint density at radius 3 is 2.52 bits per heavy atom. The molecule has 0 aliphatic heterocycles. The number of amides is 1. The lowest BCUT2D eigenvalue weighted by Crippen LogP contribution is -2.24. The minimum Gasteiger partial charge on any atom is -0.484 e. The van der Waals surface area contributed by atoms with Crippen molar-refractivity contribution in [3.8, 4) is 16.9 Å². The van der Waals surface area contributed by atoms with Gasteiger partial charge in [-0.05, 0) is 42.2 Å². The number of carbonyl (C=O) groups excluding carboxylic acids is 1. The van der Waals surface area contributed by atoms with Gasteiger partial charge in [0, 0.05) is 24.0 Å².